The predicted molar refractivity (Wildman–Crippen MR) is 79.8 cm³/mol. The molecule has 2 atom stereocenters. The van der Waals surface area contributed by atoms with E-state index in [0.717, 1.165) is 11.4 Å². The van der Waals surface area contributed by atoms with E-state index in [0.29, 0.717) is 0 Å². The smallest absolute Gasteiger partial charge is 0.328 e. The molecule has 0 spiro atoms. The number of nitrogens with zero attached hydrogens (tertiary/aromatic N) is 2. The summed E-state index contributed by atoms with van der Waals surface area (Å²) in [6.45, 7) is 11.2. The average molecular weight is 295 g/mol. The van der Waals surface area contributed by atoms with Crippen molar-refractivity contribution in [3.8, 4) is 0 Å². The highest BCUT2D eigenvalue weighted by Crippen LogP contribution is 2.21. The second-order valence-electron chi connectivity index (χ2n) is 6.38. The average Bonchev–Trinajstić information content (AvgIpc) is 2.71. The summed E-state index contributed by atoms with van der Waals surface area (Å²) in [5.41, 5.74) is 1.32. The fourth-order valence-corrected chi connectivity index (χ4v) is 2.16. The molecule has 0 bridgehead atoms. The van der Waals surface area contributed by atoms with Gasteiger partial charge in [-0.15, -0.1) is 0 Å². The molecule has 6 nitrogen and oxygen atoms in total. The fraction of sp³-hybridized carbons (Fsp3) is 0.667. The summed E-state index contributed by atoms with van der Waals surface area (Å²) >= 11 is 0. The number of nitrogens with one attached hydrogen (secondary N) is 1. The molecule has 118 valence electrons. The molecule has 1 aromatic rings. The Balaban J connectivity index is 2.92. The third kappa shape index (κ3) is 4.06. The van der Waals surface area contributed by atoms with Gasteiger partial charge in [-0.25, -0.2) is 4.79 Å². The zero-order valence-corrected chi connectivity index (χ0v) is 13.9. The highest BCUT2D eigenvalue weighted by molar-refractivity contribution is 5.86. The minimum absolute atomic E-state index is 0.258. The number of methoxy groups -OCH3 is 1. The van der Waals surface area contributed by atoms with E-state index in [1.165, 1.54) is 7.11 Å². The van der Waals surface area contributed by atoms with E-state index in [2.05, 4.69) is 10.4 Å². The largest absolute Gasteiger partial charge is 0.467 e. The van der Waals surface area contributed by atoms with E-state index >= 15 is 0 Å². The molecule has 1 heterocycles. The molecule has 0 radical (unpaired) electrons. The normalized spacial score (nSPS) is 14.4. The Hall–Kier alpha value is -1.85. The lowest BCUT2D eigenvalue weighted by Crippen LogP contribution is -2.51. The zero-order chi connectivity index (χ0) is 16.4. The van der Waals surface area contributed by atoms with Crippen LogP contribution in [0.4, 0.5) is 0 Å². The van der Waals surface area contributed by atoms with Gasteiger partial charge in [0.1, 0.15) is 12.1 Å². The number of aryl methyl sites for hydroxylation is 2. The minimum Gasteiger partial charge on any atom is -0.467 e. The quantitative estimate of drug-likeness (QED) is 0.859. The lowest BCUT2D eigenvalue weighted by molar-refractivity contribution is -0.148. The number of aromatic nitrogens is 2. The zero-order valence-electron chi connectivity index (χ0n) is 13.9. The van der Waals surface area contributed by atoms with Crippen LogP contribution in [0.25, 0.3) is 0 Å². The maximum atomic E-state index is 12.4. The summed E-state index contributed by atoms with van der Waals surface area (Å²) in [6, 6.07) is 0.716. The van der Waals surface area contributed by atoms with Crippen molar-refractivity contribution in [1.82, 2.24) is 15.1 Å². The number of hydrogen-bond donors (Lipinski definition) is 1. The van der Waals surface area contributed by atoms with Crippen molar-refractivity contribution in [2.75, 3.05) is 7.11 Å². The van der Waals surface area contributed by atoms with E-state index in [4.69, 9.17) is 4.74 Å². The molecule has 0 aliphatic rings. The van der Waals surface area contributed by atoms with Gasteiger partial charge >= 0.3 is 5.97 Å². The topological polar surface area (TPSA) is 73.2 Å². The molecule has 0 fully saturated rings. The number of carbonyl (C=O) groups is 2. The van der Waals surface area contributed by atoms with Gasteiger partial charge in [0, 0.05) is 5.69 Å². The maximum absolute atomic E-state index is 12.4. The lowest BCUT2D eigenvalue weighted by Gasteiger charge is -2.30. The number of carbonyl (C=O) groups excluding carboxylic acids is 2. The molecular formula is C15H25N3O3. The van der Waals surface area contributed by atoms with E-state index in [-0.39, 0.29) is 5.91 Å². The molecule has 0 aromatic carbocycles. The second kappa shape index (κ2) is 6.28. The molecule has 6 heteroatoms. The van der Waals surface area contributed by atoms with E-state index < -0.39 is 23.5 Å². The maximum Gasteiger partial charge on any atom is 0.328 e. The number of rotatable bonds is 4. The van der Waals surface area contributed by atoms with Gasteiger partial charge in [0.25, 0.3) is 0 Å². The molecule has 0 aliphatic heterocycles. The van der Waals surface area contributed by atoms with Crippen LogP contribution in [0.15, 0.2) is 6.07 Å². The van der Waals surface area contributed by atoms with Gasteiger partial charge in [0.15, 0.2) is 0 Å². The third-order valence-corrected chi connectivity index (χ3v) is 3.38. The summed E-state index contributed by atoms with van der Waals surface area (Å²) in [7, 11) is 1.32. The van der Waals surface area contributed by atoms with Crippen molar-refractivity contribution in [3.63, 3.8) is 0 Å². The monoisotopic (exact) mass is 295 g/mol. The van der Waals surface area contributed by atoms with Crippen LogP contribution in [-0.2, 0) is 14.3 Å². The van der Waals surface area contributed by atoms with Crippen molar-refractivity contribution in [1.29, 1.82) is 0 Å². The first-order valence-electron chi connectivity index (χ1n) is 6.99. The third-order valence-electron chi connectivity index (χ3n) is 3.38. The summed E-state index contributed by atoms with van der Waals surface area (Å²) in [4.78, 5) is 24.3. The fourth-order valence-electron chi connectivity index (χ4n) is 2.16. The van der Waals surface area contributed by atoms with Gasteiger partial charge in [-0.2, -0.15) is 5.10 Å². The molecule has 0 saturated heterocycles. The molecule has 1 amide bonds. The second-order valence-corrected chi connectivity index (χ2v) is 6.38. The Labute approximate surface area is 125 Å². The first-order valence-corrected chi connectivity index (χ1v) is 6.99. The van der Waals surface area contributed by atoms with Crippen LogP contribution < -0.4 is 5.32 Å². The number of esters is 1. The van der Waals surface area contributed by atoms with E-state index in [1.54, 1.807) is 11.6 Å². The molecule has 0 aliphatic carbocycles. The van der Waals surface area contributed by atoms with Crippen molar-refractivity contribution < 1.29 is 14.3 Å². The first kappa shape index (κ1) is 17.2. The van der Waals surface area contributed by atoms with E-state index in [1.807, 2.05) is 40.7 Å². The molecule has 1 rings (SSSR count). The summed E-state index contributed by atoms with van der Waals surface area (Å²) in [6.07, 6.45) is 0. The molecule has 1 N–H and O–H groups in total. The molecule has 2 unspecified atom stereocenters. The molecule has 21 heavy (non-hydrogen) atoms. The summed E-state index contributed by atoms with van der Waals surface area (Å²) in [5.74, 6) is -0.706. The molecule has 1 aromatic heterocycles. The number of ether oxygens (including phenoxy) is 1. The standard InChI is InChI=1S/C15H25N3O3/c1-9-8-10(2)18(17-9)11(3)13(19)16-12(14(20)21-7)15(4,5)6/h8,11-12H,1-7H3,(H,16,19). The number of amides is 1. The van der Waals surface area contributed by atoms with Crippen LogP contribution in [0.1, 0.15) is 45.1 Å². The molecular weight excluding hydrogens is 270 g/mol. The van der Waals surface area contributed by atoms with Gasteiger partial charge in [-0.1, -0.05) is 20.8 Å². The summed E-state index contributed by atoms with van der Waals surface area (Å²) < 4.78 is 6.43. The Kier molecular flexibility index (Phi) is 5.15. The highest BCUT2D eigenvalue weighted by Gasteiger charge is 2.35. The van der Waals surface area contributed by atoms with Crippen LogP contribution in [0, 0.1) is 19.3 Å². The Morgan fingerprint density at radius 1 is 1.33 bits per heavy atom. The Morgan fingerprint density at radius 2 is 1.90 bits per heavy atom. The van der Waals surface area contributed by atoms with Crippen LogP contribution in [0.3, 0.4) is 0 Å². The van der Waals surface area contributed by atoms with Crippen LogP contribution >= 0.6 is 0 Å². The Morgan fingerprint density at radius 3 is 2.29 bits per heavy atom. The Bertz CT molecular complexity index is 529. The van der Waals surface area contributed by atoms with Crippen molar-refractivity contribution in [2.24, 2.45) is 5.41 Å². The molecule has 0 saturated carbocycles. The SMILES string of the molecule is COC(=O)C(NC(=O)C(C)n1nc(C)cc1C)C(C)(C)C. The van der Waals surface area contributed by atoms with Gasteiger partial charge in [-0.3, -0.25) is 9.48 Å². The van der Waals surface area contributed by atoms with Gasteiger partial charge < -0.3 is 10.1 Å². The predicted octanol–water partition coefficient (Wildman–Crippen LogP) is 1.76. The van der Waals surface area contributed by atoms with Crippen LogP contribution in [0.2, 0.25) is 0 Å². The van der Waals surface area contributed by atoms with Crippen molar-refractivity contribution in [3.05, 3.63) is 17.5 Å². The summed E-state index contributed by atoms with van der Waals surface area (Å²) in [5, 5.41) is 7.07. The van der Waals surface area contributed by atoms with Gasteiger partial charge in [0.2, 0.25) is 5.91 Å². The number of hydrogen-bond acceptors (Lipinski definition) is 4. The highest BCUT2D eigenvalue weighted by atomic mass is 16.5. The van der Waals surface area contributed by atoms with Crippen LogP contribution in [0.5, 0.6) is 0 Å². The lowest BCUT2D eigenvalue weighted by atomic mass is 9.86. The van der Waals surface area contributed by atoms with Crippen LogP contribution in [-0.4, -0.2) is 34.8 Å². The first-order chi connectivity index (χ1) is 9.57. The minimum atomic E-state index is -0.700. The van der Waals surface area contributed by atoms with E-state index in [9.17, 15) is 9.59 Å². The van der Waals surface area contributed by atoms with Gasteiger partial charge in [0.05, 0.1) is 12.8 Å². The van der Waals surface area contributed by atoms with Crippen molar-refractivity contribution in [2.45, 2.75) is 53.6 Å². The van der Waals surface area contributed by atoms with Gasteiger partial charge in [-0.05, 0) is 32.3 Å². The van der Waals surface area contributed by atoms with Crippen molar-refractivity contribution >= 4 is 11.9 Å².